The summed E-state index contributed by atoms with van der Waals surface area (Å²) in [6, 6.07) is 12.0. The zero-order valence-corrected chi connectivity index (χ0v) is 12.4. The standard InChI is InChI=1S/C14H14BrN3O2/c1-20-13-5-3-2-4-12(13)18-14(19)17-9-6-7-11(16)10(15)8-9/h2-8H,16H2,1H3,(H2,17,18,19). The van der Waals surface area contributed by atoms with Gasteiger partial charge in [-0.3, -0.25) is 0 Å². The first-order valence-corrected chi connectivity index (χ1v) is 6.65. The smallest absolute Gasteiger partial charge is 0.323 e. The third-order valence-electron chi connectivity index (χ3n) is 2.61. The molecular formula is C14H14BrN3O2. The topological polar surface area (TPSA) is 76.4 Å². The summed E-state index contributed by atoms with van der Waals surface area (Å²) in [7, 11) is 1.55. The van der Waals surface area contributed by atoms with Gasteiger partial charge in [0.15, 0.2) is 0 Å². The Morgan fingerprint density at radius 2 is 1.95 bits per heavy atom. The number of hydrogen-bond acceptors (Lipinski definition) is 3. The summed E-state index contributed by atoms with van der Waals surface area (Å²) in [4.78, 5) is 11.9. The summed E-state index contributed by atoms with van der Waals surface area (Å²) >= 11 is 3.31. The zero-order chi connectivity index (χ0) is 14.5. The van der Waals surface area contributed by atoms with Crippen LogP contribution in [-0.4, -0.2) is 13.1 Å². The van der Waals surface area contributed by atoms with Gasteiger partial charge >= 0.3 is 6.03 Å². The van der Waals surface area contributed by atoms with Crippen LogP contribution < -0.4 is 21.1 Å². The number of nitrogens with two attached hydrogens (primary N) is 1. The number of benzene rings is 2. The lowest BCUT2D eigenvalue weighted by Gasteiger charge is -2.11. The molecule has 0 fully saturated rings. The second-order valence-corrected chi connectivity index (χ2v) is 4.87. The van der Waals surface area contributed by atoms with E-state index in [1.54, 1.807) is 37.4 Å². The van der Waals surface area contributed by atoms with Crippen molar-refractivity contribution >= 4 is 39.0 Å². The van der Waals surface area contributed by atoms with E-state index >= 15 is 0 Å². The Morgan fingerprint density at radius 1 is 1.20 bits per heavy atom. The van der Waals surface area contributed by atoms with Crippen molar-refractivity contribution in [3.8, 4) is 5.75 Å². The summed E-state index contributed by atoms with van der Waals surface area (Å²) in [6.45, 7) is 0. The summed E-state index contributed by atoms with van der Waals surface area (Å²) < 4.78 is 5.89. The highest BCUT2D eigenvalue weighted by atomic mass is 79.9. The van der Waals surface area contributed by atoms with E-state index in [-0.39, 0.29) is 6.03 Å². The van der Waals surface area contributed by atoms with Gasteiger partial charge in [0.2, 0.25) is 0 Å². The average Bonchev–Trinajstić information content (AvgIpc) is 2.43. The second-order valence-electron chi connectivity index (χ2n) is 4.02. The van der Waals surface area contributed by atoms with Gasteiger partial charge in [-0.25, -0.2) is 4.79 Å². The van der Waals surface area contributed by atoms with Gasteiger partial charge in [-0.2, -0.15) is 0 Å². The molecule has 0 saturated carbocycles. The SMILES string of the molecule is COc1ccccc1NC(=O)Nc1ccc(N)c(Br)c1. The number of nitrogens with one attached hydrogen (secondary N) is 2. The molecule has 4 N–H and O–H groups in total. The Morgan fingerprint density at radius 3 is 2.65 bits per heavy atom. The first kappa shape index (κ1) is 14.2. The predicted molar refractivity (Wildman–Crippen MR) is 84.2 cm³/mol. The molecule has 2 aromatic carbocycles. The lowest BCUT2D eigenvalue weighted by molar-refractivity contribution is 0.262. The predicted octanol–water partition coefficient (Wildman–Crippen LogP) is 3.68. The van der Waals surface area contributed by atoms with Crippen molar-refractivity contribution in [2.24, 2.45) is 0 Å². The molecule has 104 valence electrons. The maximum atomic E-state index is 11.9. The summed E-state index contributed by atoms with van der Waals surface area (Å²) in [5.41, 5.74) is 7.54. The van der Waals surface area contributed by atoms with E-state index in [2.05, 4.69) is 26.6 Å². The zero-order valence-electron chi connectivity index (χ0n) is 10.8. The number of rotatable bonds is 3. The number of amides is 2. The van der Waals surface area contributed by atoms with Gasteiger partial charge in [0, 0.05) is 15.8 Å². The highest BCUT2D eigenvalue weighted by Crippen LogP contribution is 2.25. The fourth-order valence-electron chi connectivity index (χ4n) is 1.64. The molecule has 6 heteroatoms. The minimum absolute atomic E-state index is 0.355. The van der Waals surface area contributed by atoms with Gasteiger partial charge in [0.05, 0.1) is 12.8 Å². The van der Waals surface area contributed by atoms with Crippen LogP contribution in [0.25, 0.3) is 0 Å². The van der Waals surface area contributed by atoms with E-state index in [0.717, 1.165) is 4.47 Å². The summed E-state index contributed by atoms with van der Waals surface area (Å²) in [6.07, 6.45) is 0. The molecule has 5 nitrogen and oxygen atoms in total. The molecule has 0 aliphatic rings. The van der Waals surface area contributed by atoms with Gasteiger partial charge in [-0.15, -0.1) is 0 Å². The van der Waals surface area contributed by atoms with Crippen molar-refractivity contribution in [2.75, 3.05) is 23.5 Å². The van der Waals surface area contributed by atoms with Crippen molar-refractivity contribution in [3.63, 3.8) is 0 Å². The van der Waals surface area contributed by atoms with Crippen molar-refractivity contribution in [3.05, 3.63) is 46.9 Å². The third kappa shape index (κ3) is 3.42. The Labute approximate surface area is 125 Å². The Balaban J connectivity index is 2.07. The Bertz CT molecular complexity index is 632. The minimum atomic E-state index is -0.355. The second kappa shape index (κ2) is 6.29. The number of methoxy groups -OCH3 is 1. The van der Waals surface area contributed by atoms with Crippen LogP contribution in [0.2, 0.25) is 0 Å². The molecule has 0 aliphatic carbocycles. The molecule has 20 heavy (non-hydrogen) atoms. The van der Waals surface area contributed by atoms with Crippen LogP contribution in [0.3, 0.4) is 0 Å². The van der Waals surface area contributed by atoms with Crippen molar-refractivity contribution in [1.29, 1.82) is 0 Å². The van der Waals surface area contributed by atoms with Crippen LogP contribution in [0.1, 0.15) is 0 Å². The number of para-hydroxylation sites is 2. The summed E-state index contributed by atoms with van der Waals surface area (Å²) in [5.74, 6) is 0.598. The van der Waals surface area contributed by atoms with Crippen LogP contribution >= 0.6 is 15.9 Å². The van der Waals surface area contributed by atoms with E-state index in [0.29, 0.717) is 22.8 Å². The van der Waals surface area contributed by atoms with Crippen LogP contribution in [-0.2, 0) is 0 Å². The van der Waals surface area contributed by atoms with Crippen LogP contribution in [0, 0.1) is 0 Å². The minimum Gasteiger partial charge on any atom is -0.495 e. The lowest BCUT2D eigenvalue weighted by atomic mass is 10.3. The molecule has 2 rings (SSSR count). The Kier molecular flexibility index (Phi) is 4.47. The molecule has 0 heterocycles. The number of ether oxygens (including phenoxy) is 1. The maximum Gasteiger partial charge on any atom is 0.323 e. The molecule has 0 bridgehead atoms. The number of urea groups is 1. The van der Waals surface area contributed by atoms with Crippen LogP contribution in [0.15, 0.2) is 46.9 Å². The monoisotopic (exact) mass is 335 g/mol. The molecule has 2 amide bonds. The van der Waals surface area contributed by atoms with Crippen LogP contribution in [0.4, 0.5) is 21.9 Å². The number of nitrogen functional groups attached to an aromatic ring is 1. The van der Waals surface area contributed by atoms with E-state index in [1.807, 2.05) is 12.1 Å². The molecule has 0 spiro atoms. The van der Waals surface area contributed by atoms with Crippen molar-refractivity contribution in [2.45, 2.75) is 0 Å². The fraction of sp³-hybridized carbons (Fsp3) is 0.0714. The highest BCUT2D eigenvalue weighted by molar-refractivity contribution is 9.10. The fourth-order valence-corrected chi connectivity index (χ4v) is 2.02. The first-order valence-electron chi connectivity index (χ1n) is 5.86. The maximum absolute atomic E-state index is 11.9. The van der Waals surface area contributed by atoms with Gasteiger partial charge < -0.3 is 21.1 Å². The molecule has 0 unspecified atom stereocenters. The number of carbonyl (C=O) groups is 1. The number of hydrogen-bond donors (Lipinski definition) is 3. The first-order chi connectivity index (χ1) is 9.60. The normalized spacial score (nSPS) is 9.90. The molecule has 0 saturated heterocycles. The third-order valence-corrected chi connectivity index (χ3v) is 3.30. The van der Waals surface area contributed by atoms with Crippen molar-refractivity contribution in [1.82, 2.24) is 0 Å². The van der Waals surface area contributed by atoms with Gasteiger partial charge in [-0.05, 0) is 46.3 Å². The Hall–Kier alpha value is -2.21. The highest BCUT2D eigenvalue weighted by Gasteiger charge is 2.07. The largest absolute Gasteiger partial charge is 0.495 e. The summed E-state index contributed by atoms with van der Waals surface area (Å²) in [5, 5.41) is 5.44. The average molecular weight is 336 g/mol. The lowest BCUT2D eigenvalue weighted by Crippen LogP contribution is -2.19. The van der Waals surface area contributed by atoms with Gasteiger partial charge in [0.1, 0.15) is 5.75 Å². The van der Waals surface area contributed by atoms with Crippen LogP contribution in [0.5, 0.6) is 5.75 Å². The molecule has 0 aromatic heterocycles. The van der Waals surface area contributed by atoms with Gasteiger partial charge in [0.25, 0.3) is 0 Å². The van der Waals surface area contributed by atoms with E-state index in [1.165, 1.54) is 0 Å². The van der Waals surface area contributed by atoms with E-state index in [4.69, 9.17) is 10.5 Å². The number of carbonyl (C=O) groups excluding carboxylic acids is 1. The number of anilines is 3. The van der Waals surface area contributed by atoms with E-state index in [9.17, 15) is 4.79 Å². The molecule has 2 aromatic rings. The number of halogens is 1. The quantitative estimate of drug-likeness (QED) is 0.748. The molecule has 0 radical (unpaired) electrons. The van der Waals surface area contributed by atoms with Crippen molar-refractivity contribution < 1.29 is 9.53 Å². The molecule has 0 aliphatic heterocycles. The molecule has 0 atom stereocenters. The molecular weight excluding hydrogens is 322 g/mol. The van der Waals surface area contributed by atoms with Gasteiger partial charge in [-0.1, -0.05) is 12.1 Å². The van der Waals surface area contributed by atoms with E-state index < -0.39 is 0 Å².